The van der Waals surface area contributed by atoms with Gasteiger partial charge in [0.15, 0.2) is 12.4 Å². The molecular weight excluding hydrogens is 328 g/mol. The Balaban J connectivity index is 1.54. The summed E-state index contributed by atoms with van der Waals surface area (Å²) in [6, 6.07) is 11.2. The number of ether oxygens (including phenoxy) is 2. The minimum Gasteiger partial charge on any atom is -0.484 e. The lowest BCUT2D eigenvalue weighted by atomic mass is 10.2. The number of carbonyl (C=O) groups is 2. The smallest absolute Gasteiger partial charge is 0.338 e. The van der Waals surface area contributed by atoms with E-state index < -0.39 is 11.9 Å². The maximum absolute atomic E-state index is 12.0. The highest BCUT2D eigenvalue weighted by Crippen LogP contribution is 2.21. The maximum atomic E-state index is 12.0. The number of nitrogens with zero attached hydrogens (tertiary/aromatic N) is 1. The van der Waals surface area contributed by atoms with Crippen molar-refractivity contribution in [2.24, 2.45) is 5.73 Å². The van der Waals surface area contributed by atoms with Crippen LogP contribution in [0.5, 0.6) is 5.75 Å². The molecule has 0 bridgehead atoms. The lowest BCUT2D eigenvalue weighted by Gasteiger charge is -2.05. The molecule has 0 aliphatic carbocycles. The van der Waals surface area contributed by atoms with Crippen molar-refractivity contribution in [2.45, 2.75) is 6.61 Å². The summed E-state index contributed by atoms with van der Waals surface area (Å²) < 4.78 is 20.6. The van der Waals surface area contributed by atoms with E-state index in [9.17, 15) is 9.59 Å². The topological polar surface area (TPSA) is 118 Å². The minimum atomic E-state index is -0.579. The number of aromatic nitrogens is 1. The number of esters is 1. The van der Waals surface area contributed by atoms with Gasteiger partial charge in [-0.25, -0.2) is 4.79 Å². The van der Waals surface area contributed by atoms with E-state index in [1.165, 1.54) is 18.4 Å². The molecule has 0 spiro atoms. The molecule has 8 heteroatoms. The Bertz CT molecular complexity index is 852. The largest absolute Gasteiger partial charge is 0.484 e. The highest BCUT2D eigenvalue weighted by atomic mass is 16.5. The molecule has 0 saturated heterocycles. The fourth-order valence-electron chi connectivity index (χ4n) is 1.98. The second-order valence-electron chi connectivity index (χ2n) is 5.02. The Morgan fingerprint density at radius 1 is 1.12 bits per heavy atom. The van der Waals surface area contributed by atoms with Crippen LogP contribution in [0.3, 0.4) is 0 Å². The fourth-order valence-corrected chi connectivity index (χ4v) is 1.98. The molecule has 1 aromatic carbocycles. The maximum Gasteiger partial charge on any atom is 0.338 e. The van der Waals surface area contributed by atoms with Crippen LogP contribution in [-0.4, -0.2) is 23.6 Å². The highest BCUT2D eigenvalue weighted by molar-refractivity contribution is 5.89. The number of rotatable bonds is 7. The molecule has 2 heterocycles. The van der Waals surface area contributed by atoms with Gasteiger partial charge in [0.25, 0.3) is 5.91 Å². The third-order valence-corrected chi connectivity index (χ3v) is 3.15. The van der Waals surface area contributed by atoms with Crippen LogP contribution in [0.4, 0.5) is 0 Å². The zero-order valence-electron chi connectivity index (χ0n) is 13.0. The van der Waals surface area contributed by atoms with Crippen LogP contribution in [0.1, 0.15) is 16.1 Å². The molecule has 3 aromatic rings. The molecule has 1 amide bonds. The van der Waals surface area contributed by atoms with E-state index in [-0.39, 0.29) is 13.2 Å². The molecule has 0 saturated carbocycles. The molecule has 2 aromatic heterocycles. The van der Waals surface area contributed by atoms with Gasteiger partial charge in [-0.05, 0) is 36.4 Å². The van der Waals surface area contributed by atoms with Crippen LogP contribution in [0.15, 0.2) is 57.7 Å². The summed E-state index contributed by atoms with van der Waals surface area (Å²) in [6.45, 7) is -0.267. The number of carbonyl (C=O) groups excluding carboxylic acids is 2. The monoisotopic (exact) mass is 342 g/mol. The molecule has 0 atom stereocenters. The molecule has 0 aliphatic heterocycles. The fraction of sp³-hybridized carbons (Fsp3) is 0.118. The average molecular weight is 342 g/mol. The van der Waals surface area contributed by atoms with E-state index in [2.05, 4.69) is 5.16 Å². The van der Waals surface area contributed by atoms with Gasteiger partial charge in [-0.15, -0.1) is 0 Å². The third kappa shape index (κ3) is 4.25. The standard InChI is InChI=1S/C17H14N2O6/c18-16(20)10-23-13-5-3-11(4-6-13)17(21)24-9-12-8-15(25-19-12)14-2-1-7-22-14/h1-8H,9-10H2,(H2,18,20). The predicted molar refractivity (Wildman–Crippen MR) is 84.5 cm³/mol. The van der Waals surface area contributed by atoms with Crippen molar-refractivity contribution in [3.05, 3.63) is 60.0 Å². The summed E-state index contributed by atoms with van der Waals surface area (Å²) in [5, 5.41) is 3.82. The highest BCUT2D eigenvalue weighted by Gasteiger charge is 2.12. The van der Waals surface area contributed by atoms with Gasteiger partial charge in [0.05, 0.1) is 11.8 Å². The molecule has 0 unspecified atom stereocenters. The van der Waals surface area contributed by atoms with Crippen molar-refractivity contribution in [1.29, 1.82) is 0 Å². The number of nitrogens with two attached hydrogens (primary N) is 1. The van der Waals surface area contributed by atoms with Gasteiger partial charge in [-0.1, -0.05) is 5.16 Å². The predicted octanol–water partition coefficient (Wildman–Crippen LogP) is 2.16. The van der Waals surface area contributed by atoms with Crippen molar-refractivity contribution in [2.75, 3.05) is 6.61 Å². The first-order valence-electron chi connectivity index (χ1n) is 7.29. The lowest BCUT2D eigenvalue weighted by Crippen LogP contribution is -2.20. The zero-order valence-corrected chi connectivity index (χ0v) is 13.0. The quantitative estimate of drug-likeness (QED) is 0.654. The van der Waals surface area contributed by atoms with Crippen molar-refractivity contribution < 1.29 is 28.0 Å². The summed E-state index contributed by atoms with van der Waals surface area (Å²) in [6.07, 6.45) is 1.52. The number of furan rings is 1. The molecule has 3 rings (SSSR count). The van der Waals surface area contributed by atoms with E-state index in [0.717, 1.165) is 0 Å². The summed E-state index contributed by atoms with van der Waals surface area (Å²) in [5.41, 5.74) is 5.78. The first-order valence-corrected chi connectivity index (χ1v) is 7.29. The Hall–Kier alpha value is -3.55. The molecule has 128 valence electrons. The van der Waals surface area contributed by atoms with Gasteiger partial charge in [-0.3, -0.25) is 4.79 Å². The van der Waals surface area contributed by atoms with Gasteiger partial charge < -0.3 is 24.1 Å². The van der Waals surface area contributed by atoms with E-state index in [1.807, 2.05) is 0 Å². The van der Waals surface area contributed by atoms with E-state index in [0.29, 0.717) is 28.5 Å². The average Bonchev–Trinajstić information content (AvgIpc) is 3.29. The SMILES string of the molecule is NC(=O)COc1ccc(C(=O)OCc2cc(-c3ccco3)on2)cc1. The molecule has 25 heavy (non-hydrogen) atoms. The van der Waals surface area contributed by atoms with Gasteiger partial charge >= 0.3 is 5.97 Å². The Labute approximate surface area is 142 Å². The molecule has 0 radical (unpaired) electrons. The lowest BCUT2D eigenvalue weighted by molar-refractivity contribution is -0.119. The normalized spacial score (nSPS) is 10.4. The van der Waals surface area contributed by atoms with Crippen LogP contribution in [0.2, 0.25) is 0 Å². The number of hydrogen-bond acceptors (Lipinski definition) is 7. The number of hydrogen-bond donors (Lipinski definition) is 1. The second-order valence-corrected chi connectivity index (χ2v) is 5.02. The minimum absolute atomic E-state index is 0.0387. The molecule has 8 nitrogen and oxygen atoms in total. The van der Waals surface area contributed by atoms with Gasteiger partial charge in [-0.2, -0.15) is 0 Å². The Morgan fingerprint density at radius 3 is 2.60 bits per heavy atom. The first-order chi connectivity index (χ1) is 12.1. The van der Waals surface area contributed by atoms with E-state index in [4.69, 9.17) is 24.1 Å². The third-order valence-electron chi connectivity index (χ3n) is 3.15. The van der Waals surface area contributed by atoms with Gasteiger partial charge in [0.2, 0.25) is 5.76 Å². The van der Waals surface area contributed by atoms with Crippen LogP contribution < -0.4 is 10.5 Å². The molecule has 0 aliphatic rings. The van der Waals surface area contributed by atoms with Crippen molar-refractivity contribution >= 4 is 11.9 Å². The summed E-state index contributed by atoms with van der Waals surface area (Å²) in [5.74, 6) is 0.313. The van der Waals surface area contributed by atoms with E-state index in [1.54, 1.807) is 30.3 Å². The van der Waals surface area contributed by atoms with Crippen LogP contribution in [-0.2, 0) is 16.1 Å². The van der Waals surface area contributed by atoms with Crippen molar-refractivity contribution in [3.63, 3.8) is 0 Å². The number of primary amides is 1. The second kappa shape index (κ2) is 7.35. The Kier molecular flexibility index (Phi) is 4.79. The van der Waals surface area contributed by atoms with Crippen LogP contribution in [0.25, 0.3) is 11.5 Å². The summed E-state index contributed by atoms with van der Waals surface area (Å²) >= 11 is 0. The summed E-state index contributed by atoms with van der Waals surface area (Å²) in [7, 11) is 0. The number of amides is 1. The van der Waals surface area contributed by atoms with Gasteiger partial charge in [0, 0.05) is 6.07 Å². The van der Waals surface area contributed by atoms with Crippen LogP contribution >= 0.6 is 0 Å². The zero-order chi connectivity index (χ0) is 17.6. The number of benzene rings is 1. The first kappa shape index (κ1) is 16.3. The summed E-state index contributed by atoms with van der Waals surface area (Å²) in [4.78, 5) is 22.7. The molecule has 2 N–H and O–H groups in total. The van der Waals surface area contributed by atoms with E-state index >= 15 is 0 Å². The van der Waals surface area contributed by atoms with Crippen LogP contribution in [0, 0.1) is 0 Å². The van der Waals surface area contributed by atoms with Crippen molar-refractivity contribution in [3.8, 4) is 17.3 Å². The molecular formula is C17H14N2O6. The van der Waals surface area contributed by atoms with Crippen molar-refractivity contribution in [1.82, 2.24) is 5.16 Å². The van der Waals surface area contributed by atoms with Gasteiger partial charge in [0.1, 0.15) is 18.1 Å². The molecule has 0 fully saturated rings. The Morgan fingerprint density at radius 2 is 1.92 bits per heavy atom.